The normalized spacial score (nSPS) is 11.2. The first-order valence-electron chi connectivity index (χ1n) is 5.44. The van der Waals surface area contributed by atoms with Crippen molar-refractivity contribution in [1.29, 1.82) is 0 Å². The van der Waals surface area contributed by atoms with Gasteiger partial charge in [0.25, 0.3) is 0 Å². The summed E-state index contributed by atoms with van der Waals surface area (Å²) in [5, 5.41) is 9.07. The number of ketones is 1. The van der Waals surface area contributed by atoms with E-state index in [1.165, 1.54) is 6.08 Å². The predicted octanol–water partition coefficient (Wildman–Crippen LogP) is 2.98. The van der Waals surface area contributed by atoms with Crippen molar-refractivity contribution in [3.63, 3.8) is 0 Å². The molecule has 4 nitrogen and oxygen atoms in total. The van der Waals surface area contributed by atoms with E-state index < -0.39 is 18.2 Å². The Kier molecular flexibility index (Phi) is 6.39. The number of Topliss-reactive ketones (excluding diaryl/α,β-unsaturated/α-hetero) is 1. The summed E-state index contributed by atoms with van der Waals surface area (Å²) in [5.41, 5.74) is 0.576. The molecule has 102 valence electrons. The number of allylic oxidation sites excluding steroid dienone is 1. The van der Waals surface area contributed by atoms with Gasteiger partial charge in [-0.25, -0.2) is 0 Å². The smallest absolute Gasteiger partial charge is 0.311 e. The fourth-order valence-electron chi connectivity index (χ4n) is 1.31. The fourth-order valence-corrected chi connectivity index (χ4v) is 1.58. The molecule has 0 aliphatic rings. The molecule has 1 rings (SSSR count). The molecular formula is C13H12Cl2O4. The van der Waals surface area contributed by atoms with E-state index in [1.54, 1.807) is 24.3 Å². The minimum absolute atomic E-state index is 0.0591. The molecular weight excluding hydrogens is 291 g/mol. The van der Waals surface area contributed by atoms with Gasteiger partial charge in [-0.1, -0.05) is 29.8 Å². The molecule has 0 fully saturated rings. The van der Waals surface area contributed by atoms with Crippen molar-refractivity contribution in [3.05, 3.63) is 40.6 Å². The van der Waals surface area contributed by atoms with Crippen LogP contribution < -0.4 is 0 Å². The first kappa shape index (κ1) is 15.5. The van der Waals surface area contributed by atoms with E-state index >= 15 is 0 Å². The molecule has 1 N–H and O–H groups in total. The number of carboxylic acid groups (broad SMARTS) is 1. The van der Waals surface area contributed by atoms with Crippen LogP contribution in [0.1, 0.15) is 12.0 Å². The molecule has 0 aliphatic carbocycles. The lowest BCUT2D eigenvalue weighted by atomic mass is 10.1. The number of carbonyl (C=O) groups is 2. The van der Waals surface area contributed by atoms with E-state index in [1.807, 2.05) is 0 Å². The highest BCUT2D eigenvalue weighted by atomic mass is 35.5. The third-order valence-electron chi connectivity index (χ3n) is 2.11. The summed E-state index contributed by atoms with van der Waals surface area (Å²) < 4.78 is 5.17. The van der Waals surface area contributed by atoms with E-state index in [2.05, 4.69) is 0 Å². The first-order valence-corrected chi connectivity index (χ1v) is 6.36. The van der Waals surface area contributed by atoms with Crippen molar-refractivity contribution in [2.45, 2.75) is 6.42 Å². The number of hydrogen-bond acceptors (Lipinski definition) is 3. The van der Waals surface area contributed by atoms with Gasteiger partial charge >= 0.3 is 5.97 Å². The predicted molar refractivity (Wildman–Crippen MR) is 73.4 cm³/mol. The number of carboxylic acids is 1. The average molecular weight is 303 g/mol. The third kappa shape index (κ3) is 5.32. The minimum atomic E-state index is -1.22. The van der Waals surface area contributed by atoms with Crippen LogP contribution in [0.3, 0.4) is 0 Å². The summed E-state index contributed by atoms with van der Waals surface area (Å²) in [6.07, 6.45) is 0.777. The lowest BCUT2D eigenvalue weighted by Gasteiger charge is -2.08. The first-order chi connectivity index (χ1) is 9.04. The summed E-state index contributed by atoms with van der Waals surface area (Å²) in [6, 6.07) is 6.85. The fraction of sp³-hybridized carbons (Fsp3) is 0.231. The van der Waals surface area contributed by atoms with Crippen LogP contribution in [-0.2, 0) is 14.3 Å². The number of halogens is 2. The number of aliphatic carboxylic acids is 1. The summed E-state index contributed by atoms with van der Waals surface area (Å²) in [6.45, 7) is 0.114. The van der Waals surface area contributed by atoms with Crippen molar-refractivity contribution in [3.8, 4) is 0 Å². The molecule has 0 radical (unpaired) electrons. The van der Waals surface area contributed by atoms with Crippen LogP contribution in [0.4, 0.5) is 0 Å². The SMILES string of the molecule is O=C(O)CC(=O)C(=Cc1ccccc1Cl)OCCCl. The van der Waals surface area contributed by atoms with Crippen molar-refractivity contribution in [1.82, 2.24) is 0 Å². The molecule has 19 heavy (non-hydrogen) atoms. The largest absolute Gasteiger partial charge is 0.489 e. The third-order valence-corrected chi connectivity index (χ3v) is 2.61. The lowest BCUT2D eigenvalue weighted by molar-refractivity contribution is -0.140. The van der Waals surface area contributed by atoms with Crippen molar-refractivity contribution >= 4 is 41.0 Å². The van der Waals surface area contributed by atoms with E-state index in [0.29, 0.717) is 10.6 Å². The maximum Gasteiger partial charge on any atom is 0.311 e. The van der Waals surface area contributed by atoms with E-state index in [9.17, 15) is 9.59 Å². The van der Waals surface area contributed by atoms with Gasteiger partial charge in [0.05, 0.1) is 5.88 Å². The molecule has 0 atom stereocenters. The van der Waals surface area contributed by atoms with Crippen LogP contribution in [0.15, 0.2) is 30.0 Å². The zero-order valence-electron chi connectivity index (χ0n) is 9.94. The molecule has 6 heteroatoms. The molecule has 0 amide bonds. The van der Waals surface area contributed by atoms with Gasteiger partial charge in [0, 0.05) is 5.02 Å². The van der Waals surface area contributed by atoms with Crippen LogP contribution in [0.2, 0.25) is 5.02 Å². The Balaban J connectivity index is 2.99. The van der Waals surface area contributed by atoms with Crippen LogP contribution >= 0.6 is 23.2 Å². The summed E-state index contributed by atoms with van der Waals surface area (Å²) >= 11 is 11.4. The van der Waals surface area contributed by atoms with Gasteiger partial charge in [0.1, 0.15) is 13.0 Å². The quantitative estimate of drug-likeness (QED) is 0.364. The molecule has 0 heterocycles. The Morgan fingerprint density at radius 2 is 2.00 bits per heavy atom. The van der Waals surface area contributed by atoms with Crippen LogP contribution in [0.25, 0.3) is 6.08 Å². The van der Waals surface area contributed by atoms with Gasteiger partial charge in [-0.15, -0.1) is 11.6 Å². The van der Waals surface area contributed by atoms with Gasteiger partial charge in [-0.2, -0.15) is 0 Å². The number of ether oxygens (including phenoxy) is 1. The highest BCUT2D eigenvalue weighted by Crippen LogP contribution is 2.19. The minimum Gasteiger partial charge on any atom is -0.489 e. The lowest BCUT2D eigenvalue weighted by Crippen LogP contribution is -2.12. The number of alkyl halides is 1. The Bertz CT molecular complexity index is 497. The topological polar surface area (TPSA) is 63.6 Å². The molecule has 0 bridgehead atoms. The number of rotatable bonds is 7. The van der Waals surface area contributed by atoms with Gasteiger partial charge < -0.3 is 9.84 Å². The molecule has 0 saturated heterocycles. The average Bonchev–Trinajstić information content (AvgIpc) is 2.35. The maximum absolute atomic E-state index is 11.7. The summed E-state index contributed by atoms with van der Waals surface area (Å²) in [7, 11) is 0. The number of benzene rings is 1. The monoisotopic (exact) mass is 302 g/mol. The van der Waals surface area contributed by atoms with Crippen molar-refractivity contribution in [2.75, 3.05) is 12.5 Å². The Morgan fingerprint density at radius 3 is 2.58 bits per heavy atom. The molecule has 0 aliphatic heterocycles. The van der Waals surface area contributed by atoms with Crippen LogP contribution in [-0.4, -0.2) is 29.3 Å². The van der Waals surface area contributed by atoms with E-state index in [4.69, 9.17) is 33.0 Å². The van der Waals surface area contributed by atoms with Gasteiger partial charge in [-0.3, -0.25) is 9.59 Å². The summed E-state index contributed by atoms with van der Waals surface area (Å²) in [4.78, 5) is 22.3. The van der Waals surface area contributed by atoms with Crippen LogP contribution in [0.5, 0.6) is 0 Å². The van der Waals surface area contributed by atoms with Crippen molar-refractivity contribution in [2.24, 2.45) is 0 Å². The van der Waals surface area contributed by atoms with Crippen LogP contribution in [0, 0.1) is 0 Å². The zero-order chi connectivity index (χ0) is 14.3. The van der Waals surface area contributed by atoms with Gasteiger partial charge in [-0.05, 0) is 17.7 Å². The van der Waals surface area contributed by atoms with Gasteiger partial charge in [0.2, 0.25) is 5.78 Å². The zero-order valence-corrected chi connectivity index (χ0v) is 11.4. The molecule has 1 aromatic rings. The standard InChI is InChI=1S/C13H12Cl2O4/c14-5-6-19-12(11(16)8-13(17)18)7-9-3-1-2-4-10(9)15/h1-4,7H,5-6,8H2,(H,17,18). The van der Waals surface area contributed by atoms with E-state index in [-0.39, 0.29) is 18.2 Å². The number of hydrogen-bond donors (Lipinski definition) is 1. The molecule has 0 saturated carbocycles. The Labute approximate surface area is 120 Å². The summed E-state index contributed by atoms with van der Waals surface area (Å²) in [5.74, 6) is -1.71. The van der Waals surface area contributed by atoms with Crippen molar-refractivity contribution < 1.29 is 19.4 Å². The second kappa shape index (κ2) is 7.81. The Morgan fingerprint density at radius 1 is 1.32 bits per heavy atom. The highest BCUT2D eigenvalue weighted by Gasteiger charge is 2.15. The second-order valence-electron chi connectivity index (χ2n) is 3.56. The Hall–Kier alpha value is -1.52. The molecule has 0 aromatic heterocycles. The molecule has 1 aromatic carbocycles. The van der Waals surface area contributed by atoms with Gasteiger partial charge in [0.15, 0.2) is 5.76 Å². The number of carbonyl (C=O) groups excluding carboxylic acids is 1. The molecule has 0 spiro atoms. The maximum atomic E-state index is 11.7. The second-order valence-corrected chi connectivity index (χ2v) is 4.35. The molecule has 0 unspecified atom stereocenters. The highest BCUT2D eigenvalue weighted by molar-refractivity contribution is 6.32. The van der Waals surface area contributed by atoms with E-state index in [0.717, 1.165) is 0 Å².